The van der Waals surface area contributed by atoms with E-state index >= 15 is 0 Å². The van der Waals surface area contributed by atoms with E-state index in [2.05, 4.69) is 5.32 Å². The van der Waals surface area contributed by atoms with Crippen LogP contribution in [-0.4, -0.2) is 61.6 Å². The quantitative estimate of drug-likeness (QED) is 0.699. The first-order chi connectivity index (χ1) is 13.5. The van der Waals surface area contributed by atoms with Gasteiger partial charge in [0.2, 0.25) is 5.91 Å². The van der Waals surface area contributed by atoms with Gasteiger partial charge in [0.1, 0.15) is 12.6 Å². The summed E-state index contributed by atoms with van der Waals surface area (Å²) in [4.78, 5) is 28.0. The lowest BCUT2D eigenvalue weighted by Crippen LogP contribution is -2.49. The Labute approximate surface area is 162 Å². The van der Waals surface area contributed by atoms with E-state index in [0.29, 0.717) is 19.2 Å². The van der Waals surface area contributed by atoms with Gasteiger partial charge in [0, 0.05) is 30.4 Å². The van der Waals surface area contributed by atoms with Crippen LogP contribution in [0.2, 0.25) is 0 Å². The molecule has 3 rings (SSSR count). The first kappa shape index (κ1) is 20.6. The molecule has 2 aliphatic rings. The molecule has 1 aromatic carbocycles. The summed E-state index contributed by atoms with van der Waals surface area (Å²) in [6.45, 7) is 3.19. The number of anilines is 2. The monoisotopic (exact) mass is 396 g/mol. The molecule has 2 amide bonds. The molecule has 1 saturated heterocycles. The normalized spacial score (nSPS) is 18.6. The van der Waals surface area contributed by atoms with E-state index in [-0.39, 0.29) is 48.4 Å². The van der Waals surface area contributed by atoms with Crippen molar-refractivity contribution in [2.75, 3.05) is 43.1 Å². The molecule has 0 aromatic heterocycles. The number of carbonyl (C=O) groups excluding carboxylic acids is 2. The average Bonchev–Trinajstić information content (AvgIpc) is 3.51. The van der Waals surface area contributed by atoms with Gasteiger partial charge >= 0.3 is 0 Å². The summed E-state index contributed by atoms with van der Waals surface area (Å²) in [5, 5.41) is 2.70. The number of ether oxygens (including phenoxy) is 1. The molecule has 1 aliphatic carbocycles. The standard InChI is InChI=1S/C19H26F2N4O3/c1-2-24(13-4-5-13)16(10-22)19(27)23-12-3-6-15(14(9-12)18(20)21)25-7-8-28-11-17(25)26/h3,6,9,13,16,18H,2,4-5,7-8,10-11,22H2,1H3,(H,23,27)/t16-/m1/s1. The predicted octanol–water partition coefficient (Wildman–Crippen LogP) is 1.74. The minimum Gasteiger partial charge on any atom is -0.370 e. The number of rotatable bonds is 8. The first-order valence-corrected chi connectivity index (χ1v) is 9.53. The third-order valence-corrected chi connectivity index (χ3v) is 5.11. The number of morpholine rings is 1. The third kappa shape index (κ3) is 4.48. The van der Waals surface area contributed by atoms with Crippen LogP contribution in [-0.2, 0) is 14.3 Å². The van der Waals surface area contributed by atoms with E-state index in [0.717, 1.165) is 12.8 Å². The number of nitrogens with one attached hydrogen (secondary N) is 1. The molecule has 0 unspecified atom stereocenters. The zero-order chi connectivity index (χ0) is 20.3. The number of amides is 2. The maximum atomic E-state index is 13.6. The summed E-state index contributed by atoms with van der Waals surface area (Å²) < 4.78 is 32.3. The largest absolute Gasteiger partial charge is 0.370 e. The fourth-order valence-electron chi connectivity index (χ4n) is 3.58. The molecule has 1 heterocycles. The van der Waals surface area contributed by atoms with Crippen molar-refractivity contribution in [3.05, 3.63) is 23.8 Å². The summed E-state index contributed by atoms with van der Waals surface area (Å²) in [5.74, 6) is -0.678. The van der Waals surface area contributed by atoms with E-state index < -0.39 is 12.5 Å². The molecule has 3 N–H and O–H groups in total. The van der Waals surface area contributed by atoms with Crippen LogP contribution in [0.4, 0.5) is 20.2 Å². The van der Waals surface area contributed by atoms with E-state index in [9.17, 15) is 18.4 Å². The number of hydrogen-bond acceptors (Lipinski definition) is 5. The summed E-state index contributed by atoms with van der Waals surface area (Å²) in [7, 11) is 0. The second-order valence-electron chi connectivity index (χ2n) is 6.97. The highest BCUT2D eigenvalue weighted by atomic mass is 19.3. The minimum atomic E-state index is -2.79. The van der Waals surface area contributed by atoms with Crippen molar-refractivity contribution in [1.82, 2.24) is 4.90 Å². The Morgan fingerprint density at radius 1 is 1.43 bits per heavy atom. The Kier molecular flexibility index (Phi) is 6.58. The molecular weight excluding hydrogens is 370 g/mol. The Morgan fingerprint density at radius 3 is 2.75 bits per heavy atom. The molecule has 28 heavy (non-hydrogen) atoms. The molecule has 7 nitrogen and oxygen atoms in total. The van der Waals surface area contributed by atoms with Gasteiger partial charge in [0.15, 0.2) is 0 Å². The van der Waals surface area contributed by atoms with Crippen LogP contribution >= 0.6 is 0 Å². The highest BCUT2D eigenvalue weighted by molar-refractivity contribution is 5.98. The second-order valence-corrected chi connectivity index (χ2v) is 6.97. The summed E-state index contributed by atoms with van der Waals surface area (Å²) in [6.07, 6.45) is -0.711. The second kappa shape index (κ2) is 8.93. The zero-order valence-corrected chi connectivity index (χ0v) is 15.9. The number of likely N-dealkylation sites (N-methyl/N-ethyl adjacent to an activating group) is 1. The highest BCUT2D eigenvalue weighted by Gasteiger charge is 2.35. The van der Waals surface area contributed by atoms with Gasteiger partial charge in [0.25, 0.3) is 12.3 Å². The Bertz CT molecular complexity index is 727. The van der Waals surface area contributed by atoms with Gasteiger partial charge in [-0.2, -0.15) is 0 Å². The Hall–Kier alpha value is -2.10. The maximum absolute atomic E-state index is 13.6. The average molecular weight is 396 g/mol. The van der Waals surface area contributed by atoms with Crippen LogP contribution in [0, 0.1) is 0 Å². The number of nitrogens with two attached hydrogens (primary N) is 1. The zero-order valence-electron chi connectivity index (χ0n) is 15.9. The molecule has 0 radical (unpaired) electrons. The minimum absolute atomic E-state index is 0.132. The van der Waals surface area contributed by atoms with Crippen molar-refractivity contribution in [2.24, 2.45) is 5.73 Å². The summed E-state index contributed by atoms with van der Waals surface area (Å²) in [5.41, 5.74) is 5.91. The number of carbonyl (C=O) groups is 2. The number of alkyl halides is 2. The van der Waals surface area contributed by atoms with Crippen LogP contribution in [0.15, 0.2) is 18.2 Å². The molecule has 0 spiro atoms. The Balaban J connectivity index is 1.79. The van der Waals surface area contributed by atoms with E-state index in [1.807, 2.05) is 11.8 Å². The summed E-state index contributed by atoms with van der Waals surface area (Å²) >= 11 is 0. The molecule has 1 aliphatic heterocycles. The van der Waals surface area contributed by atoms with E-state index in [4.69, 9.17) is 10.5 Å². The smallest absolute Gasteiger partial charge is 0.265 e. The Morgan fingerprint density at radius 2 is 2.18 bits per heavy atom. The van der Waals surface area contributed by atoms with Gasteiger partial charge in [0.05, 0.1) is 12.3 Å². The van der Waals surface area contributed by atoms with Crippen molar-refractivity contribution >= 4 is 23.2 Å². The van der Waals surface area contributed by atoms with Crippen LogP contribution < -0.4 is 16.0 Å². The molecular formula is C19H26F2N4O3. The van der Waals surface area contributed by atoms with Gasteiger partial charge < -0.3 is 20.7 Å². The molecule has 154 valence electrons. The molecule has 9 heteroatoms. The van der Waals surface area contributed by atoms with Crippen molar-refractivity contribution in [3.63, 3.8) is 0 Å². The topological polar surface area (TPSA) is 87.9 Å². The number of halogens is 2. The number of nitrogens with zero attached hydrogens (tertiary/aromatic N) is 2. The first-order valence-electron chi connectivity index (χ1n) is 9.53. The molecule has 1 aromatic rings. The predicted molar refractivity (Wildman–Crippen MR) is 101 cm³/mol. The molecule has 2 fully saturated rings. The number of hydrogen-bond donors (Lipinski definition) is 2. The van der Waals surface area contributed by atoms with Gasteiger partial charge in [-0.15, -0.1) is 0 Å². The van der Waals surface area contributed by atoms with Crippen LogP contribution in [0.1, 0.15) is 31.8 Å². The lowest BCUT2D eigenvalue weighted by atomic mass is 10.1. The van der Waals surface area contributed by atoms with E-state index in [1.54, 1.807) is 0 Å². The lowest BCUT2D eigenvalue weighted by Gasteiger charge is -2.30. The SMILES string of the molecule is CCN(C1CC1)[C@H](CN)C(=O)Nc1ccc(N2CCOCC2=O)c(C(F)F)c1. The van der Waals surface area contributed by atoms with Crippen molar-refractivity contribution in [3.8, 4) is 0 Å². The van der Waals surface area contributed by atoms with Crippen LogP contribution in [0.25, 0.3) is 0 Å². The third-order valence-electron chi connectivity index (χ3n) is 5.11. The van der Waals surface area contributed by atoms with Crippen LogP contribution in [0.3, 0.4) is 0 Å². The van der Waals surface area contributed by atoms with Crippen molar-refractivity contribution in [2.45, 2.75) is 38.3 Å². The van der Waals surface area contributed by atoms with Crippen LogP contribution in [0.5, 0.6) is 0 Å². The van der Waals surface area contributed by atoms with Crippen molar-refractivity contribution in [1.29, 1.82) is 0 Å². The van der Waals surface area contributed by atoms with Gasteiger partial charge in [-0.1, -0.05) is 6.92 Å². The van der Waals surface area contributed by atoms with Gasteiger partial charge in [-0.3, -0.25) is 14.5 Å². The molecule has 1 saturated carbocycles. The lowest BCUT2D eigenvalue weighted by molar-refractivity contribution is -0.125. The fraction of sp³-hybridized carbons (Fsp3) is 0.579. The summed E-state index contributed by atoms with van der Waals surface area (Å²) in [6, 6.07) is 4.05. The maximum Gasteiger partial charge on any atom is 0.265 e. The molecule has 0 bridgehead atoms. The van der Waals surface area contributed by atoms with E-state index in [1.165, 1.54) is 23.1 Å². The van der Waals surface area contributed by atoms with Crippen molar-refractivity contribution < 1.29 is 23.1 Å². The van der Waals surface area contributed by atoms with Gasteiger partial charge in [-0.05, 0) is 37.6 Å². The molecule has 1 atom stereocenters. The number of benzene rings is 1. The van der Waals surface area contributed by atoms with Gasteiger partial charge in [-0.25, -0.2) is 8.78 Å². The highest BCUT2D eigenvalue weighted by Crippen LogP contribution is 2.33. The fourth-order valence-corrected chi connectivity index (χ4v) is 3.58.